The van der Waals surface area contributed by atoms with Crippen molar-refractivity contribution in [2.24, 2.45) is 0 Å². The Kier molecular flexibility index (Phi) is 4.37. The topological polar surface area (TPSA) is 62.1 Å². The van der Waals surface area contributed by atoms with Crippen LogP contribution in [0.15, 0.2) is 47.8 Å². The van der Waals surface area contributed by atoms with Crippen LogP contribution in [-0.2, 0) is 15.1 Å². The number of hydrogen-bond acceptors (Lipinski definition) is 5. The number of ether oxygens (including phenoxy) is 1. The third-order valence-corrected chi connectivity index (χ3v) is 6.65. The highest BCUT2D eigenvalue weighted by Gasteiger charge is 2.39. The van der Waals surface area contributed by atoms with Crippen LogP contribution in [-0.4, -0.2) is 12.5 Å². The van der Waals surface area contributed by atoms with Crippen molar-refractivity contribution in [3.05, 3.63) is 63.2 Å². The number of benzene rings is 1. The van der Waals surface area contributed by atoms with E-state index in [0.717, 1.165) is 26.6 Å². The van der Waals surface area contributed by atoms with E-state index in [1.54, 1.807) is 11.3 Å². The van der Waals surface area contributed by atoms with Gasteiger partial charge in [-0.3, -0.25) is 4.79 Å². The maximum Gasteiger partial charge on any atom is 0.250 e. The lowest BCUT2D eigenvalue weighted by Crippen LogP contribution is -2.30. The molecule has 1 atom stereocenters. The average Bonchev–Trinajstić information content (AvgIpc) is 3.33. The summed E-state index contributed by atoms with van der Waals surface area (Å²) in [7, 11) is 0. The van der Waals surface area contributed by atoms with Crippen LogP contribution in [0.1, 0.15) is 28.7 Å². The number of nitriles is 1. The summed E-state index contributed by atoms with van der Waals surface area (Å²) < 4.78 is 6.19. The van der Waals surface area contributed by atoms with Crippen LogP contribution in [0.4, 0.5) is 5.69 Å². The fourth-order valence-electron chi connectivity index (χ4n) is 3.33. The first kappa shape index (κ1) is 17.0. The van der Waals surface area contributed by atoms with Gasteiger partial charge in [-0.1, -0.05) is 19.1 Å². The minimum Gasteiger partial charge on any atom is -0.355 e. The lowest BCUT2D eigenvalue weighted by atomic mass is 9.86. The lowest BCUT2D eigenvalue weighted by Gasteiger charge is -2.32. The van der Waals surface area contributed by atoms with Crippen LogP contribution < -0.4 is 5.32 Å². The summed E-state index contributed by atoms with van der Waals surface area (Å²) >= 11 is 3.09. The Hall–Kier alpha value is -2.46. The van der Waals surface area contributed by atoms with Crippen LogP contribution in [0, 0.1) is 11.3 Å². The summed E-state index contributed by atoms with van der Waals surface area (Å²) in [5, 5.41) is 14.1. The fourth-order valence-corrected chi connectivity index (χ4v) is 5.09. The Morgan fingerprint density at radius 2 is 2.19 bits per heavy atom. The SMILES string of the molecule is CCC1(c2cccs2)OCC(=O)Nc2ccc(-c3ccc(C#N)s3)cc21. The molecule has 1 aliphatic heterocycles. The van der Waals surface area contributed by atoms with Gasteiger partial charge in [0.2, 0.25) is 5.91 Å². The van der Waals surface area contributed by atoms with Gasteiger partial charge in [0, 0.05) is 21.0 Å². The number of carbonyl (C=O) groups is 1. The lowest BCUT2D eigenvalue weighted by molar-refractivity contribution is -0.125. The molecule has 0 saturated carbocycles. The van der Waals surface area contributed by atoms with Crippen molar-refractivity contribution in [3.8, 4) is 16.5 Å². The van der Waals surface area contributed by atoms with Gasteiger partial charge in [0.05, 0.1) is 0 Å². The number of nitrogens with one attached hydrogen (secondary N) is 1. The molecule has 130 valence electrons. The van der Waals surface area contributed by atoms with Gasteiger partial charge in [-0.2, -0.15) is 5.26 Å². The zero-order valence-corrected chi connectivity index (χ0v) is 15.7. The molecule has 3 aromatic rings. The molecule has 4 nitrogen and oxygen atoms in total. The van der Waals surface area contributed by atoms with Gasteiger partial charge in [0.15, 0.2) is 0 Å². The molecular weight excluding hydrogens is 364 g/mol. The summed E-state index contributed by atoms with van der Waals surface area (Å²) in [6.45, 7) is 2.10. The Labute approximate surface area is 159 Å². The monoisotopic (exact) mass is 380 g/mol. The summed E-state index contributed by atoms with van der Waals surface area (Å²) in [5.41, 5.74) is 2.10. The molecule has 1 aromatic carbocycles. The van der Waals surface area contributed by atoms with Gasteiger partial charge < -0.3 is 10.1 Å². The predicted octanol–water partition coefficient (Wildman–Crippen LogP) is 4.97. The molecule has 1 unspecified atom stereocenters. The molecule has 3 heterocycles. The molecule has 1 N–H and O–H groups in total. The molecule has 0 fully saturated rings. The van der Waals surface area contributed by atoms with Crippen molar-refractivity contribution >= 4 is 34.3 Å². The Balaban J connectivity index is 1.91. The van der Waals surface area contributed by atoms with Gasteiger partial charge >= 0.3 is 0 Å². The van der Waals surface area contributed by atoms with Crippen molar-refractivity contribution in [3.63, 3.8) is 0 Å². The molecule has 1 amide bonds. The number of amides is 1. The van der Waals surface area contributed by atoms with E-state index in [2.05, 4.69) is 30.4 Å². The molecule has 0 spiro atoms. The number of rotatable bonds is 3. The average molecular weight is 380 g/mol. The first-order valence-electron chi connectivity index (χ1n) is 8.29. The minimum atomic E-state index is -0.659. The van der Waals surface area contributed by atoms with Crippen molar-refractivity contribution in [1.82, 2.24) is 0 Å². The zero-order valence-electron chi connectivity index (χ0n) is 14.1. The molecule has 0 radical (unpaired) electrons. The normalized spacial score (nSPS) is 19.3. The van der Waals surface area contributed by atoms with Gasteiger partial charge in [0.25, 0.3) is 0 Å². The first-order chi connectivity index (χ1) is 12.7. The van der Waals surface area contributed by atoms with Crippen molar-refractivity contribution < 1.29 is 9.53 Å². The smallest absolute Gasteiger partial charge is 0.250 e. The number of carbonyl (C=O) groups excluding carboxylic acids is 1. The number of hydrogen-bond donors (Lipinski definition) is 1. The molecule has 4 rings (SSSR count). The molecular formula is C20H16N2O2S2. The molecule has 6 heteroatoms. The van der Waals surface area contributed by atoms with Crippen LogP contribution in [0.25, 0.3) is 10.4 Å². The van der Waals surface area contributed by atoms with Crippen LogP contribution in [0.5, 0.6) is 0 Å². The van der Waals surface area contributed by atoms with Crippen molar-refractivity contribution in [2.75, 3.05) is 11.9 Å². The molecule has 0 aliphatic carbocycles. The highest BCUT2D eigenvalue weighted by Crippen LogP contribution is 2.45. The van der Waals surface area contributed by atoms with Gasteiger partial charge in [-0.25, -0.2) is 0 Å². The Morgan fingerprint density at radius 1 is 1.31 bits per heavy atom. The van der Waals surface area contributed by atoms with E-state index in [1.807, 2.05) is 35.7 Å². The van der Waals surface area contributed by atoms with Gasteiger partial charge in [-0.05, 0) is 47.7 Å². The van der Waals surface area contributed by atoms with E-state index in [1.165, 1.54) is 11.3 Å². The first-order valence-corrected chi connectivity index (χ1v) is 9.98. The standard InChI is InChI=1S/C20H16N2O2S2/c1-2-20(18-4-3-9-25-18)15-10-13(17-8-6-14(11-21)26-17)5-7-16(15)22-19(23)12-24-20/h3-10H,2,12H2,1H3,(H,22,23). The molecule has 1 aliphatic rings. The third kappa shape index (κ3) is 2.74. The van der Waals surface area contributed by atoms with E-state index in [-0.39, 0.29) is 12.5 Å². The van der Waals surface area contributed by atoms with E-state index < -0.39 is 5.60 Å². The fraction of sp³-hybridized carbons (Fsp3) is 0.200. The van der Waals surface area contributed by atoms with Crippen LogP contribution in [0.3, 0.4) is 0 Å². The number of nitrogens with zero attached hydrogens (tertiary/aromatic N) is 1. The summed E-state index contributed by atoms with van der Waals surface area (Å²) in [6, 6.07) is 16.0. The van der Waals surface area contributed by atoms with E-state index >= 15 is 0 Å². The van der Waals surface area contributed by atoms with Crippen molar-refractivity contribution in [2.45, 2.75) is 18.9 Å². The van der Waals surface area contributed by atoms with Gasteiger partial charge in [-0.15, -0.1) is 22.7 Å². The zero-order chi connectivity index (χ0) is 18.1. The second-order valence-corrected chi connectivity index (χ2v) is 8.06. The summed E-state index contributed by atoms with van der Waals surface area (Å²) in [4.78, 5) is 14.9. The van der Waals surface area contributed by atoms with E-state index in [4.69, 9.17) is 10.00 Å². The minimum absolute atomic E-state index is 0.0212. The maximum absolute atomic E-state index is 12.1. The molecule has 0 saturated heterocycles. The Bertz CT molecular complexity index is 1000. The van der Waals surface area contributed by atoms with Crippen LogP contribution in [0.2, 0.25) is 0 Å². The van der Waals surface area contributed by atoms with E-state index in [9.17, 15) is 4.79 Å². The quantitative estimate of drug-likeness (QED) is 0.698. The van der Waals surface area contributed by atoms with Gasteiger partial charge in [0.1, 0.15) is 23.2 Å². The largest absolute Gasteiger partial charge is 0.355 e. The second-order valence-electron chi connectivity index (χ2n) is 6.03. The highest BCUT2D eigenvalue weighted by molar-refractivity contribution is 7.16. The third-order valence-electron chi connectivity index (χ3n) is 4.60. The molecule has 0 bridgehead atoms. The summed E-state index contributed by atoms with van der Waals surface area (Å²) in [5.74, 6) is -0.145. The molecule has 26 heavy (non-hydrogen) atoms. The molecule has 2 aromatic heterocycles. The number of thiophene rings is 2. The van der Waals surface area contributed by atoms with Crippen LogP contribution >= 0.6 is 22.7 Å². The predicted molar refractivity (Wildman–Crippen MR) is 104 cm³/mol. The second kappa shape index (κ2) is 6.69. The summed E-state index contributed by atoms with van der Waals surface area (Å²) in [6.07, 6.45) is 0.715. The number of anilines is 1. The Morgan fingerprint density at radius 3 is 2.88 bits per heavy atom. The number of fused-ring (bicyclic) bond motifs is 1. The maximum atomic E-state index is 12.1. The van der Waals surface area contributed by atoms with Crippen molar-refractivity contribution in [1.29, 1.82) is 5.26 Å². The highest BCUT2D eigenvalue weighted by atomic mass is 32.1. The van der Waals surface area contributed by atoms with E-state index in [0.29, 0.717) is 11.3 Å².